The highest BCUT2D eigenvalue weighted by Gasteiger charge is 2.25. The highest BCUT2D eigenvalue weighted by molar-refractivity contribution is 6.40. The molecule has 1 aliphatic rings. The van der Waals surface area contributed by atoms with E-state index in [9.17, 15) is 4.79 Å². The van der Waals surface area contributed by atoms with Gasteiger partial charge < -0.3 is 4.90 Å². The largest absolute Gasteiger partial charge is 0.383 e. The van der Waals surface area contributed by atoms with Crippen molar-refractivity contribution in [2.45, 2.75) is 0 Å². The minimum atomic E-state index is -0.246. The Morgan fingerprint density at radius 2 is 2.06 bits per heavy atom. The topological polar surface area (TPSA) is 44.7 Å². The molecule has 0 aromatic heterocycles. The van der Waals surface area contributed by atoms with E-state index >= 15 is 0 Å². The second-order valence-electron chi connectivity index (χ2n) is 4.03. The highest BCUT2D eigenvalue weighted by atomic mass is 35.5. The summed E-state index contributed by atoms with van der Waals surface area (Å²) < 4.78 is 0. The number of nitrogens with one attached hydrogen (secondary N) is 1. The molecule has 0 spiro atoms. The molecule has 0 saturated heterocycles. The fraction of sp³-hybridized carbons (Fsp3) is 0.167. The summed E-state index contributed by atoms with van der Waals surface area (Å²) in [6, 6.07) is 5.08. The van der Waals surface area contributed by atoms with E-state index in [0.29, 0.717) is 26.9 Å². The molecule has 1 aromatic rings. The van der Waals surface area contributed by atoms with Gasteiger partial charge in [-0.05, 0) is 18.2 Å². The minimum Gasteiger partial charge on any atom is -0.383 e. The van der Waals surface area contributed by atoms with E-state index in [1.54, 1.807) is 29.3 Å². The molecule has 0 atom stereocenters. The molecule has 0 saturated carbocycles. The summed E-state index contributed by atoms with van der Waals surface area (Å²) in [7, 11) is 3.67. The number of nitrogens with zero attached hydrogens (tertiary/aromatic N) is 2. The van der Waals surface area contributed by atoms with E-state index in [0.717, 1.165) is 0 Å². The first-order valence-corrected chi connectivity index (χ1v) is 5.96. The molecule has 0 radical (unpaired) electrons. The molecule has 1 amide bonds. The molecule has 0 unspecified atom stereocenters. The van der Waals surface area contributed by atoms with Crippen molar-refractivity contribution in [2.75, 3.05) is 14.1 Å². The number of hydrogen-bond donors (Lipinski definition) is 1. The first-order chi connectivity index (χ1) is 8.49. The number of carbonyl (C=O) groups excluding carboxylic acids is 1. The Morgan fingerprint density at radius 3 is 2.67 bits per heavy atom. The molecule has 1 heterocycles. The van der Waals surface area contributed by atoms with Crippen molar-refractivity contribution >= 4 is 34.8 Å². The maximum Gasteiger partial charge on any atom is 0.275 e. The zero-order valence-corrected chi connectivity index (χ0v) is 11.4. The van der Waals surface area contributed by atoms with Gasteiger partial charge in [-0.1, -0.05) is 23.2 Å². The molecule has 0 fully saturated rings. The lowest BCUT2D eigenvalue weighted by molar-refractivity contribution is -0.116. The fourth-order valence-corrected chi connectivity index (χ4v) is 2.10. The van der Waals surface area contributed by atoms with E-state index in [-0.39, 0.29) is 5.91 Å². The predicted molar refractivity (Wildman–Crippen MR) is 72.9 cm³/mol. The third kappa shape index (κ3) is 2.49. The van der Waals surface area contributed by atoms with Crippen LogP contribution in [-0.2, 0) is 4.79 Å². The zero-order valence-electron chi connectivity index (χ0n) is 9.87. The average Bonchev–Trinajstić information content (AvgIpc) is 2.60. The van der Waals surface area contributed by atoms with Gasteiger partial charge in [0, 0.05) is 30.9 Å². The number of hydrogen-bond acceptors (Lipinski definition) is 3. The number of amides is 1. The van der Waals surface area contributed by atoms with Crippen LogP contribution in [0.25, 0.3) is 0 Å². The first-order valence-electron chi connectivity index (χ1n) is 5.21. The monoisotopic (exact) mass is 283 g/mol. The lowest BCUT2D eigenvalue weighted by Gasteiger charge is -2.08. The van der Waals surface area contributed by atoms with E-state index in [4.69, 9.17) is 23.2 Å². The highest BCUT2D eigenvalue weighted by Crippen LogP contribution is 2.25. The summed E-state index contributed by atoms with van der Waals surface area (Å²) in [4.78, 5) is 13.5. The number of halogens is 2. The molecule has 2 rings (SSSR count). The van der Waals surface area contributed by atoms with Crippen LogP contribution in [0.15, 0.2) is 35.1 Å². The van der Waals surface area contributed by atoms with Gasteiger partial charge in [0.05, 0.1) is 10.6 Å². The Labute approximate surface area is 115 Å². The minimum absolute atomic E-state index is 0.246. The summed E-state index contributed by atoms with van der Waals surface area (Å²) >= 11 is 12.0. The van der Waals surface area contributed by atoms with Gasteiger partial charge in [-0.25, -0.2) is 5.43 Å². The molecule has 0 aliphatic carbocycles. The third-order valence-electron chi connectivity index (χ3n) is 2.34. The Kier molecular flexibility index (Phi) is 3.59. The normalized spacial score (nSPS) is 16.8. The van der Waals surface area contributed by atoms with Crippen LogP contribution in [-0.4, -0.2) is 30.6 Å². The lowest BCUT2D eigenvalue weighted by atomic mass is 10.0. The molecule has 0 bridgehead atoms. The molecule has 94 valence electrons. The average molecular weight is 284 g/mol. The zero-order chi connectivity index (χ0) is 13.3. The van der Waals surface area contributed by atoms with Gasteiger partial charge in [0.25, 0.3) is 5.91 Å². The first kappa shape index (κ1) is 12.9. The van der Waals surface area contributed by atoms with Crippen molar-refractivity contribution in [1.29, 1.82) is 0 Å². The van der Waals surface area contributed by atoms with Crippen LogP contribution in [0.5, 0.6) is 0 Å². The molecule has 6 heteroatoms. The quantitative estimate of drug-likeness (QED) is 0.847. The number of hydrazone groups is 1. The van der Waals surface area contributed by atoms with Crippen molar-refractivity contribution in [3.05, 3.63) is 45.6 Å². The van der Waals surface area contributed by atoms with Crippen molar-refractivity contribution in [3.8, 4) is 0 Å². The van der Waals surface area contributed by atoms with Crippen LogP contribution in [0, 0.1) is 0 Å². The molecular formula is C12H11Cl2N3O. The van der Waals surface area contributed by atoms with Crippen LogP contribution in [0.3, 0.4) is 0 Å². The number of benzene rings is 1. The Morgan fingerprint density at radius 1 is 1.33 bits per heavy atom. The Bertz CT molecular complexity index is 564. The van der Waals surface area contributed by atoms with Gasteiger partial charge in [-0.2, -0.15) is 5.10 Å². The van der Waals surface area contributed by atoms with Gasteiger partial charge in [-0.15, -0.1) is 0 Å². The molecule has 1 aliphatic heterocycles. The van der Waals surface area contributed by atoms with Crippen LogP contribution < -0.4 is 5.43 Å². The summed E-state index contributed by atoms with van der Waals surface area (Å²) in [5, 5.41) is 5.01. The van der Waals surface area contributed by atoms with Gasteiger partial charge in [-0.3, -0.25) is 4.79 Å². The van der Waals surface area contributed by atoms with Gasteiger partial charge >= 0.3 is 0 Å². The fourth-order valence-electron chi connectivity index (χ4n) is 1.60. The molecule has 4 nitrogen and oxygen atoms in total. The number of rotatable bonds is 2. The smallest absolute Gasteiger partial charge is 0.275 e. The van der Waals surface area contributed by atoms with Gasteiger partial charge in [0.15, 0.2) is 0 Å². The van der Waals surface area contributed by atoms with Crippen molar-refractivity contribution in [2.24, 2.45) is 5.10 Å². The standard InChI is InChI=1S/C12H11Cl2N3O/c1-17(2)6-9-11(15-16-12(9)18)8-4-3-7(13)5-10(8)14/h3-6H,1-2H3,(H,16,18)/b9-6-. The second kappa shape index (κ2) is 5.00. The van der Waals surface area contributed by atoms with Crippen molar-refractivity contribution in [1.82, 2.24) is 10.3 Å². The van der Waals surface area contributed by atoms with E-state index in [1.807, 2.05) is 14.1 Å². The molecule has 1 N–H and O–H groups in total. The van der Waals surface area contributed by atoms with E-state index in [1.165, 1.54) is 0 Å². The van der Waals surface area contributed by atoms with Crippen LogP contribution >= 0.6 is 23.2 Å². The SMILES string of the molecule is CN(C)/C=C1\C(=O)NN=C1c1ccc(Cl)cc1Cl. The van der Waals surface area contributed by atoms with Gasteiger partial charge in [0.1, 0.15) is 5.71 Å². The molecule has 18 heavy (non-hydrogen) atoms. The Hall–Kier alpha value is -1.52. The maximum atomic E-state index is 11.7. The summed E-state index contributed by atoms with van der Waals surface area (Å²) in [5.74, 6) is -0.246. The van der Waals surface area contributed by atoms with Crippen molar-refractivity contribution in [3.63, 3.8) is 0 Å². The van der Waals surface area contributed by atoms with Gasteiger partial charge in [0.2, 0.25) is 0 Å². The van der Waals surface area contributed by atoms with Crippen LogP contribution in [0.1, 0.15) is 5.56 Å². The maximum absolute atomic E-state index is 11.7. The third-order valence-corrected chi connectivity index (χ3v) is 2.89. The summed E-state index contributed by atoms with van der Waals surface area (Å²) in [5.41, 5.74) is 4.10. The molecular weight excluding hydrogens is 273 g/mol. The van der Waals surface area contributed by atoms with E-state index < -0.39 is 0 Å². The second-order valence-corrected chi connectivity index (χ2v) is 4.88. The van der Waals surface area contributed by atoms with Crippen molar-refractivity contribution < 1.29 is 4.79 Å². The predicted octanol–water partition coefficient (Wildman–Crippen LogP) is 2.27. The lowest BCUT2D eigenvalue weighted by Crippen LogP contribution is -2.17. The van der Waals surface area contributed by atoms with E-state index in [2.05, 4.69) is 10.5 Å². The Balaban J connectivity index is 2.47. The van der Waals surface area contributed by atoms with Crippen LogP contribution in [0.2, 0.25) is 10.0 Å². The summed E-state index contributed by atoms with van der Waals surface area (Å²) in [6.45, 7) is 0. The molecule has 1 aromatic carbocycles. The van der Waals surface area contributed by atoms with Crippen LogP contribution in [0.4, 0.5) is 0 Å². The summed E-state index contributed by atoms with van der Waals surface area (Å²) in [6.07, 6.45) is 1.70. The number of carbonyl (C=O) groups is 1.